The van der Waals surface area contributed by atoms with E-state index in [2.05, 4.69) is 10.3 Å². The third-order valence-electron chi connectivity index (χ3n) is 3.03. The van der Waals surface area contributed by atoms with Gasteiger partial charge in [-0.05, 0) is 12.1 Å². The summed E-state index contributed by atoms with van der Waals surface area (Å²) in [6.07, 6.45) is 4.66. The summed E-state index contributed by atoms with van der Waals surface area (Å²) in [6, 6.07) is 7.33. The zero-order valence-corrected chi connectivity index (χ0v) is 10.9. The molecule has 0 saturated carbocycles. The number of carbonyl (C=O) groups excluding carboxylic acids is 1. The van der Waals surface area contributed by atoms with Crippen LogP contribution in [0.5, 0.6) is 11.5 Å². The van der Waals surface area contributed by atoms with Crippen LogP contribution in [0.4, 0.5) is 0 Å². The number of nitrogens with one attached hydrogen (secondary N) is 1. The molecule has 0 fully saturated rings. The lowest BCUT2D eigenvalue weighted by Crippen LogP contribution is -2.44. The molecule has 1 aromatic heterocycles. The van der Waals surface area contributed by atoms with Crippen molar-refractivity contribution in [1.82, 2.24) is 14.9 Å². The van der Waals surface area contributed by atoms with Crippen molar-refractivity contribution in [3.05, 3.63) is 43.0 Å². The van der Waals surface area contributed by atoms with Crippen LogP contribution in [0.3, 0.4) is 0 Å². The predicted molar refractivity (Wildman–Crippen MR) is 71.6 cm³/mol. The van der Waals surface area contributed by atoms with Gasteiger partial charge >= 0.3 is 0 Å². The number of hydrogen-bond acceptors (Lipinski definition) is 4. The highest BCUT2D eigenvalue weighted by atomic mass is 16.6. The largest absolute Gasteiger partial charge is 0.485 e. The molecule has 1 aliphatic rings. The van der Waals surface area contributed by atoms with Gasteiger partial charge in [0.1, 0.15) is 6.61 Å². The molecule has 6 heteroatoms. The number of para-hydroxylation sites is 2. The standard InChI is InChI=1S/C14H15N3O3/c18-14(16-6-8-17-7-5-15-10-17)13-9-19-11-3-1-2-4-12(11)20-13/h1-5,7,10,13H,6,8-9H2,(H,16,18). The van der Waals surface area contributed by atoms with E-state index in [-0.39, 0.29) is 12.5 Å². The van der Waals surface area contributed by atoms with Gasteiger partial charge in [-0.2, -0.15) is 0 Å². The molecule has 0 radical (unpaired) electrons. The zero-order valence-electron chi connectivity index (χ0n) is 10.9. The summed E-state index contributed by atoms with van der Waals surface area (Å²) in [6.45, 7) is 1.43. The van der Waals surface area contributed by atoms with Gasteiger partial charge in [0, 0.05) is 25.5 Å². The van der Waals surface area contributed by atoms with Crippen LogP contribution < -0.4 is 14.8 Å². The van der Waals surface area contributed by atoms with Gasteiger partial charge in [0.2, 0.25) is 6.10 Å². The van der Waals surface area contributed by atoms with Crippen molar-refractivity contribution in [2.75, 3.05) is 13.2 Å². The molecule has 1 N–H and O–H groups in total. The number of rotatable bonds is 4. The van der Waals surface area contributed by atoms with Crippen molar-refractivity contribution in [3.8, 4) is 11.5 Å². The quantitative estimate of drug-likeness (QED) is 0.896. The van der Waals surface area contributed by atoms with Crippen molar-refractivity contribution in [2.24, 2.45) is 0 Å². The molecule has 0 bridgehead atoms. The Morgan fingerprint density at radius 3 is 3.05 bits per heavy atom. The maximum absolute atomic E-state index is 12.0. The Hall–Kier alpha value is -2.50. The lowest BCUT2D eigenvalue weighted by Gasteiger charge is -2.25. The highest BCUT2D eigenvalue weighted by Gasteiger charge is 2.26. The Bertz CT molecular complexity index is 583. The second-order valence-electron chi connectivity index (χ2n) is 4.46. The van der Waals surface area contributed by atoms with Crippen LogP contribution in [0.1, 0.15) is 0 Å². The Morgan fingerprint density at radius 1 is 1.40 bits per heavy atom. The second kappa shape index (κ2) is 5.64. The number of hydrogen-bond donors (Lipinski definition) is 1. The van der Waals surface area contributed by atoms with E-state index >= 15 is 0 Å². The van der Waals surface area contributed by atoms with Gasteiger partial charge in [0.05, 0.1) is 6.33 Å². The van der Waals surface area contributed by atoms with Crippen molar-refractivity contribution in [1.29, 1.82) is 0 Å². The number of amides is 1. The first-order valence-corrected chi connectivity index (χ1v) is 6.45. The van der Waals surface area contributed by atoms with E-state index in [1.165, 1.54) is 0 Å². The Balaban J connectivity index is 1.51. The summed E-state index contributed by atoms with van der Waals surface area (Å²) in [5, 5.41) is 2.83. The fourth-order valence-corrected chi connectivity index (χ4v) is 1.99. The average molecular weight is 273 g/mol. The van der Waals surface area contributed by atoms with Gasteiger partial charge in [-0.25, -0.2) is 4.98 Å². The predicted octanol–water partition coefficient (Wildman–Crippen LogP) is 0.839. The van der Waals surface area contributed by atoms with E-state index in [9.17, 15) is 4.79 Å². The average Bonchev–Trinajstić information content (AvgIpc) is 3.00. The van der Waals surface area contributed by atoms with Crippen molar-refractivity contribution >= 4 is 5.91 Å². The van der Waals surface area contributed by atoms with E-state index in [0.717, 1.165) is 0 Å². The molecule has 1 aliphatic heterocycles. The first kappa shape index (κ1) is 12.5. The van der Waals surface area contributed by atoms with Crippen LogP contribution in [0.25, 0.3) is 0 Å². The van der Waals surface area contributed by atoms with Crippen LogP contribution in [0, 0.1) is 0 Å². The molecule has 1 atom stereocenters. The lowest BCUT2D eigenvalue weighted by molar-refractivity contribution is -0.130. The summed E-state index contributed by atoms with van der Waals surface area (Å²) in [5.41, 5.74) is 0. The van der Waals surface area contributed by atoms with Gasteiger partial charge in [-0.3, -0.25) is 4.79 Å². The number of imidazole rings is 1. The lowest BCUT2D eigenvalue weighted by atomic mass is 10.2. The second-order valence-corrected chi connectivity index (χ2v) is 4.46. The summed E-state index contributed by atoms with van der Waals surface area (Å²) in [5.74, 6) is 1.11. The van der Waals surface area contributed by atoms with E-state index in [1.54, 1.807) is 18.6 Å². The molecule has 3 rings (SSSR count). The molecule has 0 spiro atoms. The fraction of sp³-hybridized carbons (Fsp3) is 0.286. The third kappa shape index (κ3) is 2.74. The number of fused-ring (bicyclic) bond motifs is 1. The van der Waals surface area contributed by atoms with Crippen molar-refractivity contribution in [3.63, 3.8) is 0 Å². The van der Waals surface area contributed by atoms with Crippen LogP contribution in [-0.4, -0.2) is 34.7 Å². The van der Waals surface area contributed by atoms with Crippen LogP contribution >= 0.6 is 0 Å². The molecule has 1 aromatic carbocycles. The summed E-state index contributed by atoms with van der Waals surface area (Å²) in [7, 11) is 0. The van der Waals surface area contributed by atoms with Gasteiger partial charge in [-0.1, -0.05) is 12.1 Å². The number of nitrogens with zero attached hydrogens (tertiary/aromatic N) is 2. The van der Waals surface area contributed by atoms with Crippen LogP contribution in [-0.2, 0) is 11.3 Å². The summed E-state index contributed by atoms with van der Waals surface area (Å²) >= 11 is 0. The van der Waals surface area contributed by atoms with Gasteiger partial charge in [0.15, 0.2) is 11.5 Å². The minimum atomic E-state index is -0.604. The molecule has 0 saturated heterocycles. The molecular weight excluding hydrogens is 258 g/mol. The van der Waals surface area contributed by atoms with Crippen LogP contribution in [0.2, 0.25) is 0 Å². The molecule has 20 heavy (non-hydrogen) atoms. The third-order valence-corrected chi connectivity index (χ3v) is 3.03. The van der Waals surface area contributed by atoms with Gasteiger partial charge < -0.3 is 19.4 Å². The molecule has 2 aromatic rings. The topological polar surface area (TPSA) is 65.4 Å². The SMILES string of the molecule is O=C(NCCn1ccnc1)C1COc2ccccc2O1. The smallest absolute Gasteiger partial charge is 0.264 e. The molecule has 1 amide bonds. The Labute approximate surface area is 116 Å². The first-order chi connectivity index (χ1) is 9.83. The maximum Gasteiger partial charge on any atom is 0.264 e. The number of carbonyl (C=O) groups is 1. The minimum Gasteiger partial charge on any atom is -0.485 e. The first-order valence-electron chi connectivity index (χ1n) is 6.45. The maximum atomic E-state index is 12.0. The van der Waals surface area contributed by atoms with Gasteiger partial charge in [0.25, 0.3) is 5.91 Å². The summed E-state index contributed by atoms with van der Waals surface area (Å²) in [4.78, 5) is 15.9. The van der Waals surface area contributed by atoms with Crippen molar-refractivity contribution < 1.29 is 14.3 Å². The van der Waals surface area contributed by atoms with Gasteiger partial charge in [-0.15, -0.1) is 0 Å². The molecular formula is C14H15N3O3. The fourth-order valence-electron chi connectivity index (χ4n) is 1.99. The normalized spacial score (nSPS) is 16.7. The van der Waals surface area contributed by atoms with E-state index in [1.807, 2.05) is 29.0 Å². The van der Waals surface area contributed by atoms with E-state index in [4.69, 9.17) is 9.47 Å². The number of aromatic nitrogens is 2. The van der Waals surface area contributed by atoms with E-state index < -0.39 is 6.10 Å². The highest BCUT2D eigenvalue weighted by molar-refractivity contribution is 5.81. The molecule has 0 aliphatic carbocycles. The molecule has 1 unspecified atom stereocenters. The molecule has 6 nitrogen and oxygen atoms in total. The summed E-state index contributed by atoms with van der Waals surface area (Å²) < 4.78 is 13.0. The number of ether oxygens (including phenoxy) is 2. The highest BCUT2D eigenvalue weighted by Crippen LogP contribution is 2.30. The Morgan fingerprint density at radius 2 is 2.25 bits per heavy atom. The molecule has 104 valence electrons. The molecule has 2 heterocycles. The monoisotopic (exact) mass is 273 g/mol. The number of benzene rings is 1. The minimum absolute atomic E-state index is 0.167. The Kier molecular flexibility index (Phi) is 3.54. The van der Waals surface area contributed by atoms with Crippen molar-refractivity contribution in [2.45, 2.75) is 12.6 Å². The van der Waals surface area contributed by atoms with Crippen LogP contribution in [0.15, 0.2) is 43.0 Å². The zero-order chi connectivity index (χ0) is 13.8. The van der Waals surface area contributed by atoms with E-state index in [0.29, 0.717) is 24.6 Å².